The first kappa shape index (κ1) is 12.4. The van der Waals surface area contributed by atoms with Gasteiger partial charge in [0.1, 0.15) is 0 Å². The zero-order valence-corrected chi connectivity index (χ0v) is 11.3. The number of aromatic nitrogens is 1. The van der Waals surface area contributed by atoms with Crippen LogP contribution in [-0.2, 0) is 10.7 Å². The lowest BCUT2D eigenvalue weighted by Crippen LogP contribution is -2.43. The van der Waals surface area contributed by atoms with Crippen LogP contribution in [0, 0.1) is 0 Å². The summed E-state index contributed by atoms with van der Waals surface area (Å²) in [7, 11) is -2.67. The van der Waals surface area contributed by atoms with E-state index < -0.39 is 10.7 Å². The molecule has 2 aromatic rings. The van der Waals surface area contributed by atoms with Crippen LogP contribution >= 0.6 is 0 Å². The zero-order valence-electron chi connectivity index (χ0n) is 10.4. The Bertz CT molecular complexity index is 671. The molecule has 100 valence electrons. The molecule has 2 heterocycles. The number of nitrogens with zero attached hydrogens (tertiary/aromatic N) is 2. The van der Waals surface area contributed by atoms with Crippen LogP contribution in [0.5, 0.6) is 0 Å². The molecule has 1 aromatic heterocycles. The third kappa shape index (κ3) is 2.29. The molecule has 5 nitrogen and oxygen atoms in total. The Kier molecular flexibility index (Phi) is 3.35. The van der Waals surface area contributed by atoms with Gasteiger partial charge in [0.2, 0.25) is 0 Å². The maximum absolute atomic E-state index is 11.3. The van der Waals surface area contributed by atoms with Gasteiger partial charge in [-0.25, -0.2) is 13.4 Å². The van der Waals surface area contributed by atoms with Crippen LogP contribution in [0.2, 0.25) is 0 Å². The van der Waals surface area contributed by atoms with Crippen molar-refractivity contribution in [1.82, 2.24) is 10.3 Å². The summed E-state index contributed by atoms with van der Waals surface area (Å²) >= 11 is 0. The molecule has 0 bridgehead atoms. The number of anilines is 1. The van der Waals surface area contributed by atoms with Crippen molar-refractivity contribution in [1.29, 1.82) is 0 Å². The fourth-order valence-corrected chi connectivity index (χ4v) is 3.05. The molecule has 3 rings (SSSR count). The summed E-state index contributed by atoms with van der Waals surface area (Å²) in [5, 5.41) is 5.12. The summed E-state index contributed by atoms with van der Waals surface area (Å²) < 4.78 is 22.5. The summed E-state index contributed by atoms with van der Waals surface area (Å²) in [5.74, 6) is 0. The van der Waals surface area contributed by atoms with Crippen molar-refractivity contribution in [3.05, 3.63) is 30.5 Å². The highest BCUT2D eigenvalue weighted by Crippen LogP contribution is 2.28. The van der Waals surface area contributed by atoms with Crippen molar-refractivity contribution < 1.29 is 8.42 Å². The van der Waals surface area contributed by atoms with Crippen molar-refractivity contribution >= 4 is 27.2 Å². The van der Waals surface area contributed by atoms with Crippen molar-refractivity contribution in [2.45, 2.75) is 5.03 Å². The molecule has 0 aliphatic carbocycles. The van der Waals surface area contributed by atoms with Gasteiger partial charge in [-0.3, -0.25) is 0 Å². The smallest absolute Gasteiger partial charge is 0.186 e. The molecule has 0 amide bonds. The third-order valence-corrected chi connectivity index (χ3v) is 4.09. The Balaban J connectivity index is 2.18. The molecule has 19 heavy (non-hydrogen) atoms. The first-order valence-electron chi connectivity index (χ1n) is 6.25. The molecule has 1 saturated heterocycles. The zero-order chi connectivity index (χ0) is 13.2. The second kappa shape index (κ2) is 5.14. The van der Waals surface area contributed by atoms with E-state index in [1.807, 2.05) is 24.3 Å². The minimum Gasteiger partial charge on any atom is -0.368 e. The van der Waals surface area contributed by atoms with Gasteiger partial charge in [0.15, 0.2) is 15.7 Å². The highest BCUT2D eigenvalue weighted by atomic mass is 32.2. The number of hydrogen-bond acceptors (Lipinski definition) is 5. The van der Waals surface area contributed by atoms with Gasteiger partial charge in [-0.2, -0.15) is 0 Å². The van der Waals surface area contributed by atoms with Gasteiger partial charge in [-0.05, 0) is 12.1 Å². The molecule has 1 aliphatic heterocycles. The lowest BCUT2D eigenvalue weighted by atomic mass is 10.1. The Morgan fingerprint density at radius 1 is 1.11 bits per heavy atom. The van der Waals surface area contributed by atoms with E-state index in [1.54, 1.807) is 6.20 Å². The van der Waals surface area contributed by atoms with Crippen molar-refractivity contribution in [3.8, 4) is 0 Å². The summed E-state index contributed by atoms with van der Waals surface area (Å²) in [4.78, 5) is 6.24. The molecule has 1 N–H and O–H groups in total. The Morgan fingerprint density at radius 2 is 1.89 bits per heavy atom. The molecular formula is C13H15N3O2S. The molecule has 0 radical (unpaired) electrons. The molecule has 0 saturated carbocycles. The van der Waals surface area contributed by atoms with Crippen LogP contribution < -0.4 is 10.2 Å². The average Bonchev–Trinajstić information content (AvgIpc) is 2.46. The first-order chi connectivity index (χ1) is 9.27. The van der Waals surface area contributed by atoms with Gasteiger partial charge < -0.3 is 10.2 Å². The van der Waals surface area contributed by atoms with Crippen LogP contribution in [0.1, 0.15) is 0 Å². The average molecular weight is 277 g/mol. The third-order valence-electron chi connectivity index (χ3n) is 3.39. The predicted octanol–water partition coefficient (Wildman–Crippen LogP) is 0.615. The number of pyridine rings is 1. The molecule has 0 spiro atoms. The first-order valence-corrected chi connectivity index (χ1v) is 7.43. The van der Waals surface area contributed by atoms with Gasteiger partial charge in [0, 0.05) is 48.8 Å². The number of piperazine rings is 1. The number of nitrogens with one attached hydrogen (secondary N) is 1. The van der Waals surface area contributed by atoms with E-state index in [1.165, 1.54) is 0 Å². The van der Waals surface area contributed by atoms with Gasteiger partial charge in [-0.1, -0.05) is 12.1 Å². The van der Waals surface area contributed by atoms with E-state index in [-0.39, 0.29) is 5.03 Å². The molecule has 1 aliphatic rings. The van der Waals surface area contributed by atoms with Crippen LogP contribution in [0.3, 0.4) is 0 Å². The number of rotatable bonds is 2. The summed E-state index contributed by atoms with van der Waals surface area (Å²) in [5.41, 5.74) is 1.08. The topological polar surface area (TPSA) is 62.3 Å². The fraction of sp³-hybridized carbons (Fsp3) is 0.308. The van der Waals surface area contributed by atoms with Crippen LogP contribution in [0.25, 0.3) is 10.8 Å². The molecule has 6 heteroatoms. The predicted molar refractivity (Wildman–Crippen MR) is 75.4 cm³/mol. The van der Waals surface area contributed by atoms with Crippen molar-refractivity contribution in [3.63, 3.8) is 0 Å². The van der Waals surface area contributed by atoms with Gasteiger partial charge in [0.05, 0.1) is 0 Å². The van der Waals surface area contributed by atoms with Crippen LogP contribution in [-0.4, -0.2) is 39.6 Å². The Hall–Kier alpha value is -1.66. The van der Waals surface area contributed by atoms with E-state index in [9.17, 15) is 8.42 Å². The molecule has 0 unspecified atom stereocenters. The lowest BCUT2D eigenvalue weighted by Gasteiger charge is -2.30. The number of hydrogen-bond donors (Lipinski definition) is 2. The second-order valence-electron chi connectivity index (χ2n) is 4.50. The molecule has 1 aromatic carbocycles. The van der Waals surface area contributed by atoms with E-state index in [4.69, 9.17) is 0 Å². The largest absolute Gasteiger partial charge is 0.368 e. The summed E-state index contributed by atoms with van der Waals surface area (Å²) in [6.07, 6.45) is 1.56. The van der Waals surface area contributed by atoms with E-state index in [2.05, 4.69) is 15.2 Å². The molecular weight excluding hydrogens is 262 g/mol. The van der Waals surface area contributed by atoms with Crippen molar-refractivity contribution in [2.24, 2.45) is 0 Å². The number of benzene rings is 1. The maximum atomic E-state index is 11.3. The van der Waals surface area contributed by atoms with Crippen LogP contribution in [0.4, 0.5) is 5.69 Å². The highest BCUT2D eigenvalue weighted by Gasteiger charge is 2.14. The van der Waals surface area contributed by atoms with Gasteiger partial charge in [-0.15, -0.1) is 0 Å². The second-order valence-corrected chi connectivity index (χ2v) is 5.44. The summed E-state index contributed by atoms with van der Waals surface area (Å²) in [6, 6.07) is 7.63. The quantitative estimate of drug-likeness (QED) is 0.788. The standard InChI is InChI=1S/C13H15N3O2S/c17-19(18)13-11-2-1-3-12(10(11)4-5-15-13)16-8-6-14-7-9-16/h1-5,14,19H,6-9H2. The monoisotopic (exact) mass is 277 g/mol. The minimum absolute atomic E-state index is 0.157. The Morgan fingerprint density at radius 3 is 2.63 bits per heavy atom. The van der Waals surface area contributed by atoms with Crippen LogP contribution in [0.15, 0.2) is 35.5 Å². The van der Waals surface area contributed by atoms with Gasteiger partial charge in [0.25, 0.3) is 0 Å². The fourth-order valence-electron chi connectivity index (χ4n) is 2.50. The SMILES string of the molecule is O=[SH](=O)c1nccc2c(N3CCNCC3)cccc12. The van der Waals surface area contributed by atoms with Gasteiger partial charge >= 0.3 is 0 Å². The Labute approximate surface area is 113 Å². The normalized spacial score (nSPS) is 16.2. The highest BCUT2D eigenvalue weighted by molar-refractivity contribution is 7.72. The molecule has 1 fully saturated rings. The summed E-state index contributed by atoms with van der Waals surface area (Å²) in [6.45, 7) is 3.76. The van der Waals surface area contributed by atoms with E-state index in [0.29, 0.717) is 5.39 Å². The maximum Gasteiger partial charge on any atom is 0.186 e. The minimum atomic E-state index is -2.67. The number of fused-ring (bicyclic) bond motifs is 1. The lowest BCUT2D eigenvalue weighted by molar-refractivity contribution is 0.590. The van der Waals surface area contributed by atoms with Crippen molar-refractivity contribution in [2.75, 3.05) is 31.1 Å². The van der Waals surface area contributed by atoms with E-state index in [0.717, 1.165) is 37.3 Å². The number of thiol groups is 1. The molecule has 0 atom stereocenters. The van der Waals surface area contributed by atoms with E-state index >= 15 is 0 Å².